The van der Waals surface area contributed by atoms with Crippen LogP contribution < -0.4 is 10.6 Å². The minimum atomic E-state index is -0.292. The van der Waals surface area contributed by atoms with Gasteiger partial charge < -0.3 is 15.5 Å². The normalized spacial score (nSPS) is 25.7. The molecular formula is C20H25N5O3S. The van der Waals surface area contributed by atoms with Crippen LogP contribution in [0.5, 0.6) is 0 Å². The number of nitrogens with one attached hydrogen (secondary N) is 2. The zero-order chi connectivity index (χ0) is 20.5. The van der Waals surface area contributed by atoms with E-state index in [1.54, 1.807) is 17.0 Å². The van der Waals surface area contributed by atoms with Crippen LogP contribution in [0.25, 0.3) is 11.0 Å². The first-order valence-corrected chi connectivity index (χ1v) is 10.8. The summed E-state index contributed by atoms with van der Waals surface area (Å²) in [5, 5.41) is 5.99. The number of nitrogens with zero attached hydrogens (tertiary/aromatic N) is 3. The van der Waals surface area contributed by atoms with Crippen molar-refractivity contribution in [2.45, 2.75) is 45.2 Å². The van der Waals surface area contributed by atoms with Crippen LogP contribution in [-0.4, -0.2) is 56.5 Å². The molecule has 154 valence electrons. The Morgan fingerprint density at radius 2 is 2.07 bits per heavy atom. The molecule has 2 N–H and O–H groups in total. The standard InChI is InChI=1S/C20H25N5O3S/c1-11-7-8-25(20(28)13-3-4-15-16(9-13)24-29-23-15)10-17(11)22-19(27)12(2)14-5-6-18(26)21-14/h3-4,9,11-12,14,17H,5-8,10H2,1-2H3,(H,21,26)(H,22,27). The number of carbonyl (C=O) groups excluding carboxylic acids is 3. The van der Waals surface area contributed by atoms with E-state index < -0.39 is 0 Å². The van der Waals surface area contributed by atoms with Crippen LogP contribution in [0.4, 0.5) is 0 Å². The highest BCUT2D eigenvalue weighted by atomic mass is 32.1. The number of hydrogen-bond acceptors (Lipinski definition) is 6. The molecule has 1 aromatic carbocycles. The minimum Gasteiger partial charge on any atom is -0.353 e. The second-order valence-corrected chi connectivity index (χ2v) is 8.63. The Bertz CT molecular complexity index is 945. The third kappa shape index (κ3) is 4.10. The highest BCUT2D eigenvalue weighted by Crippen LogP contribution is 2.22. The molecule has 2 aliphatic heterocycles. The quantitative estimate of drug-likeness (QED) is 0.789. The van der Waals surface area contributed by atoms with E-state index in [2.05, 4.69) is 26.3 Å². The van der Waals surface area contributed by atoms with E-state index in [1.807, 2.05) is 13.0 Å². The first kappa shape index (κ1) is 19.8. The lowest BCUT2D eigenvalue weighted by atomic mass is 9.91. The van der Waals surface area contributed by atoms with E-state index in [1.165, 1.54) is 0 Å². The van der Waals surface area contributed by atoms with Crippen molar-refractivity contribution in [2.75, 3.05) is 13.1 Å². The predicted octanol–water partition coefficient (Wildman–Crippen LogP) is 1.57. The molecule has 0 aliphatic carbocycles. The number of fused-ring (bicyclic) bond motifs is 1. The lowest BCUT2D eigenvalue weighted by Crippen LogP contribution is -2.55. The molecule has 0 bridgehead atoms. The molecule has 3 amide bonds. The van der Waals surface area contributed by atoms with E-state index in [0.717, 1.165) is 29.2 Å². The maximum absolute atomic E-state index is 13.0. The summed E-state index contributed by atoms with van der Waals surface area (Å²) in [4.78, 5) is 39.0. The number of amides is 3. The monoisotopic (exact) mass is 415 g/mol. The van der Waals surface area contributed by atoms with E-state index in [4.69, 9.17) is 0 Å². The molecule has 0 spiro atoms. The van der Waals surface area contributed by atoms with Crippen LogP contribution in [0.3, 0.4) is 0 Å². The summed E-state index contributed by atoms with van der Waals surface area (Å²) in [5.41, 5.74) is 2.10. The second-order valence-electron chi connectivity index (χ2n) is 8.10. The molecule has 1 aromatic heterocycles. The van der Waals surface area contributed by atoms with Crippen molar-refractivity contribution in [1.82, 2.24) is 24.3 Å². The lowest BCUT2D eigenvalue weighted by molar-refractivity contribution is -0.127. The number of rotatable bonds is 4. The summed E-state index contributed by atoms with van der Waals surface area (Å²) in [6.45, 7) is 5.08. The molecule has 4 rings (SSSR count). The summed E-state index contributed by atoms with van der Waals surface area (Å²) in [6.07, 6.45) is 1.99. The summed E-state index contributed by atoms with van der Waals surface area (Å²) in [6, 6.07) is 5.15. The third-order valence-electron chi connectivity index (χ3n) is 6.12. The smallest absolute Gasteiger partial charge is 0.254 e. The molecule has 2 saturated heterocycles. The minimum absolute atomic E-state index is 0.00439. The van der Waals surface area contributed by atoms with Crippen molar-refractivity contribution in [2.24, 2.45) is 11.8 Å². The summed E-state index contributed by atoms with van der Waals surface area (Å²) in [5.74, 6) is -0.136. The zero-order valence-corrected chi connectivity index (χ0v) is 17.4. The Hall–Kier alpha value is -2.55. The van der Waals surface area contributed by atoms with Crippen molar-refractivity contribution >= 4 is 40.5 Å². The Morgan fingerprint density at radius 3 is 2.83 bits per heavy atom. The number of likely N-dealkylation sites (tertiary alicyclic amines) is 1. The van der Waals surface area contributed by atoms with Gasteiger partial charge in [-0.25, -0.2) is 0 Å². The maximum Gasteiger partial charge on any atom is 0.254 e. The molecule has 2 aliphatic rings. The molecule has 9 heteroatoms. The van der Waals surface area contributed by atoms with E-state index in [9.17, 15) is 14.4 Å². The van der Waals surface area contributed by atoms with E-state index in [0.29, 0.717) is 31.5 Å². The molecule has 0 radical (unpaired) electrons. The molecule has 29 heavy (non-hydrogen) atoms. The topological polar surface area (TPSA) is 104 Å². The maximum atomic E-state index is 13.0. The van der Waals surface area contributed by atoms with Crippen molar-refractivity contribution in [3.8, 4) is 0 Å². The van der Waals surface area contributed by atoms with E-state index in [-0.39, 0.29) is 41.6 Å². The van der Waals surface area contributed by atoms with Gasteiger partial charge in [0.1, 0.15) is 11.0 Å². The predicted molar refractivity (Wildman–Crippen MR) is 109 cm³/mol. The Balaban J connectivity index is 1.41. The van der Waals surface area contributed by atoms with Crippen LogP contribution >= 0.6 is 11.7 Å². The molecule has 4 unspecified atom stereocenters. The Morgan fingerprint density at radius 1 is 1.28 bits per heavy atom. The van der Waals surface area contributed by atoms with Crippen molar-refractivity contribution < 1.29 is 14.4 Å². The van der Waals surface area contributed by atoms with Gasteiger partial charge in [-0.2, -0.15) is 8.75 Å². The molecule has 8 nitrogen and oxygen atoms in total. The molecule has 2 fully saturated rings. The number of aromatic nitrogens is 2. The first-order valence-electron chi connectivity index (χ1n) is 10.0. The highest BCUT2D eigenvalue weighted by Gasteiger charge is 2.34. The molecular weight excluding hydrogens is 390 g/mol. The average molecular weight is 416 g/mol. The Labute approximate surface area is 173 Å². The second kappa shape index (κ2) is 8.06. The van der Waals surface area contributed by atoms with E-state index >= 15 is 0 Å². The van der Waals surface area contributed by atoms with Crippen molar-refractivity contribution in [1.29, 1.82) is 0 Å². The Kier molecular flexibility index (Phi) is 5.49. The van der Waals surface area contributed by atoms with Gasteiger partial charge in [-0.3, -0.25) is 14.4 Å². The fraction of sp³-hybridized carbons (Fsp3) is 0.550. The van der Waals surface area contributed by atoms with Crippen LogP contribution in [0.2, 0.25) is 0 Å². The van der Waals surface area contributed by atoms with Gasteiger partial charge in [0.25, 0.3) is 5.91 Å². The van der Waals surface area contributed by atoms with Gasteiger partial charge in [0.15, 0.2) is 0 Å². The van der Waals surface area contributed by atoms with Crippen LogP contribution in [0.1, 0.15) is 43.5 Å². The van der Waals surface area contributed by atoms with Gasteiger partial charge in [-0.15, -0.1) is 0 Å². The summed E-state index contributed by atoms with van der Waals surface area (Å²) < 4.78 is 8.38. The number of hydrogen-bond donors (Lipinski definition) is 2. The first-order chi connectivity index (χ1) is 13.9. The summed E-state index contributed by atoms with van der Waals surface area (Å²) in [7, 11) is 0. The van der Waals surface area contributed by atoms with Crippen molar-refractivity contribution in [3.63, 3.8) is 0 Å². The number of piperidine rings is 1. The van der Waals surface area contributed by atoms with Gasteiger partial charge in [0.2, 0.25) is 11.8 Å². The number of benzene rings is 1. The SMILES string of the molecule is CC1CCN(C(=O)c2ccc3nsnc3c2)CC1NC(=O)C(C)C1CCC(=O)N1. The molecule has 2 aromatic rings. The van der Waals surface area contributed by atoms with Crippen LogP contribution in [0, 0.1) is 11.8 Å². The zero-order valence-electron chi connectivity index (χ0n) is 16.6. The molecule has 3 heterocycles. The van der Waals surface area contributed by atoms with Crippen molar-refractivity contribution in [3.05, 3.63) is 23.8 Å². The van der Waals surface area contributed by atoms with Gasteiger partial charge in [0, 0.05) is 37.2 Å². The third-order valence-corrected chi connectivity index (χ3v) is 6.68. The van der Waals surface area contributed by atoms with Gasteiger partial charge in [-0.1, -0.05) is 13.8 Å². The fourth-order valence-electron chi connectivity index (χ4n) is 4.05. The lowest BCUT2D eigenvalue weighted by Gasteiger charge is -2.38. The van der Waals surface area contributed by atoms with Gasteiger partial charge in [-0.05, 0) is 37.0 Å². The highest BCUT2D eigenvalue weighted by molar-refractivity contribution is 7.00. The largest absolute Gasteiger partial charge is 0.353 e. The molecule has 0 saturated carbocycles. The average Bonchev–Trinajstić information content (AvgIpc) is 3.36. The summed E-state index contributed by atoms with van der Waals surface area (Å²) >= 11 is 1.13. The van der Waals surface area contributed by atoms with Gasteiger partial charge >= 0.3 is 0 Å². The fourth-order valence-corrected chi connectivity index (χ4v) is 4.57. The van der Waals surface area contributed by atoms with Gasteiger partial charge in [0.05, 0.1) is 17.6 Å². The van der Waals surface area contributed by atoms with Crippen LogP contribution in [0.15, 0.2) is 18.2 Å². The molecule has 4 atom stereocenters. The van der Waals surface area contributed by atoms with Crippen LogP contribution in [-0.2, 0) is 9.59 Å². The number of carbonyl (C=O) groups is 3.